The average Bonchev–Trinajstić information content (AvgIpc) is 3.16. The first-order valence-electron chi connectivity index (χ1n) is 9.10. The predicted molar refractivity (Wildman–Crippen MR) is 104 cm³/mol. The number of nitrogens with one attached hydrogen (secondary N) is 1. The van der Waals surface area contributed by atoms with Gasteiger partial charge in [0.25, 0.3) is 5.91 Å². The molecule has 0 aliphatic heterocycles. The number of nitrogens with zero attached hydrogens (tertiary/aromatic N) is 1. The monoisotopic (exact) mass is 418 g/mol. The fraction of sp³-hybridized carbons (Fsp3) is 0.238. The van der Waals surface area contributed by atoms with Gasteiger partial charge in [0.15, 0.2) is 11.5 Å². The topological polar surface area (TPSA) is 93.8 Å². The van der Waals surface area contributed by atoms with Gasteiger partial charge in [0.05, 0.1) is 23.9 Å². The van der Waals surface area contributed by atoms with E-state index in [9.17, 15) is 18.7 Å². The number of hydrogen-bond donors (Lipinski definition) is 2. The molecule has 30 heavy (non-hydrogen) atoms. The number of carbonyl (C=O) groups excluding carboxylic acids is 1. The molecule has 0 saturated carbocycles. The molecule has 0 radical (unpaired) electrons. The number of hydrogen-bond acceptors (Lipinski definition) is 6. The third-order valence-electron chi connectivity index (χ3n) is 3.90. The Hall–Kier alpha value is -3.62. The van der Waals surface area contributed by atoms with Gasteiger partial charge in [-0.05, 0) is 44.2 Å². The minimum absolute atomic E-state index is 0.0681. The molecule has 3 rings (SSSR count). The molecule has 0 atom stereocenters. The van der Waals surface area contributed by atoms with E-state index >= 15 is 0 Å². The molecule has 9 heteroatoms. The van der Waals surface area contributed by atoms with E-state index in [1.54, 1.807) is 26.0 Å². The van der Waals surface area contributed by atoms with Crippen LogP contribution in [-0.2, 0) is 6.54 Å². The van der Waals surface area contributed by atoms with Gasteiger partial charge < -0.3 is 24.3 Å². The Morgan fingerprint density at radius 2 is 1.93 bits per heavy atom. The Morgan fingerprint density at radius 1 is 1.17 bits per heavy atom. The summed E-state index contributed by atoms with van der Waals surface area (Å²) in [4.78, 5) is 16.5. The molecular weight excluding hydrogens is 398 g/mol. The summed E-state index contributed by atoms with van der Waals surface area (Å²) in [5, 5.41) is 12.4. The van der Waals surface area contributed by atoms with Crippen LogP contribution in [0.2, 0.25) is 0 Å². The number of alkyl halides is 2. The smallest absolute Gasteiger partial charge is 0.387 e. The number of aromatic nitrogens is 1. The van der Waals surface area contributed by atoms with Crippen molar-refractivity contribution in [1.29, 1.82) is 0 Å². The van der Waals surface area contributed by atoms with Crippen molar-refractivity contribution in [3.8, 4) is 28.7 Å². The summed E-state index contributed by atoms with van der Waals surface area (Å²) in [5.74, 6) is -0.322. The molecule has 1 aromatic heterocycles. The van der Waals surface area contributed by atoms with Crippen LogP contribution in [0.4, 0.5) is 8.78 Å². The second-order valence-electron chi connectivity index (χ2n) is 6.55. The first-order valence-corrected chi connectivity index (χ1v) is 9.10. The number of carbonyl (C=O) groups is 1. The lowest BCUT2D eigenvalue weighted by molar-refractivity contribution is -0.0518. The number of amides is 1. The minimum atomic E-state index is -2.98. The van der Waals surface area contributed by atoms with Crippen LogP contribution < -0.4 is 14.8 Å². The molecule has 0 aliphatic rings. The summed E-state index contributed by atoms with van der Waals surface area (Å²) in [6, 6.07) is 10.5. The first-order chi connectivity index (χ1) is 14.3. The maximum absolute atomic E-state index is 12.6. The number of aromatic hydroxyl groups is 1. The molecule has 1 heterocycles. The molecule has 2 aromatic carbocycles. The Labute approximate surface area is 171 Å². The maximum Gasteiger partial charge on any atom is 0.387 e. The van der Waals surface area contributed by atoms with E-state index in [0.29, 0.717) is 11.3 Å². The zero-order valence-corrected chi connectivity index (χ0v) is 16.3. The van der Waals surface area contributed by atoms with E-state index in [1.165, 1.54) is 36.6 Å². The Morgan fingerprint density at radius 3 is 2.63 bits per heavy atom. The molecule has 0 spiro atoms. The van der Waals surface area contributed by atoms with Crippen LogP contribution >= 0.6 is 0 Å². The van der Waals surface area contributed by atoms with Crippen LogP contribution in [0.5, 0.6) is 17.2 Å². The summed E-state index contributed by atoms with van der Waals surface area (Å²) >= 11 is 0. The van der Waals surface area contributed by atoms with Gasteiger partial charge in [-0.25, -0.2) is 4.98 Å². The normalized spacial score (nSPS) is 11.0. The first kappa shape index (κ1) is 21.1. The zero-order valence-electron chi connectivity index (χ0n) is 16.3. The Kier molecular flexibility index (Phi) is 6.51. The summed E-state index contributed by atoms with van der Waals surface area (Å²) in [6.45, 7) is 0.606. The number of oxazole rings is 1. The maximum atomic E-state index is 12.6. The average molecular weight is 418 g/mol. The van der Waals surface area contributed by atoms with E-state index in [4.69, 9.17) is 9.15 Å². The lowest BCUT2D eigenvalue weighted by Crippen LogP contribution is -2.22. The number of phenols is 1. The highest BCUT2D eigenvalue weighted by atomic mass is 19.3. The highest BCUT2D eigenvalue weighted by Gasteiger charge is 2.16. The third-order valence-corrected chi connectivity index (χ3v) is 3.90. The van der Waals surface area contributed by atoms with Crippen LogP contribution in [0, 0.1) is 0 Å². The van der Waals surface area contributed by atoms with Gasteiger partial charge in [-0.3, -0.25) is 4.79 Å². The number of halogens is 2. The van der Waals surface area contributed by atoms with Crippen LogP contribution in [0.25, 0.3) is 11.5 Å². The summed E-state index contributed by atoms with van der Waals surface area (Å²) in [6.07, 6.45) is 1.11. The van der Waals surface area contributed by atoms with Crippen molar-refractivity contribution in [2.24, 2.45) is 0 Å². The van der Waals surface area contributed by atoms with Crippen molar-refractivity contribution < 1.29 is 32.6 Å². The van der Waals surface area contributed by atoms with Gasteiger partial charge in [-0.15, -0.1) is 0 Å². The Balaban J connectivity index is 1.73. The quantitative estimate of drug-likeness (QED) is 0.564. The van der Waals surface area contributed by atoms with Crippen molar-refractivity contribution >= 4 is 5.91 Å². The third kappa shape index (κ3) is 5.25. The van der Waals surface area contributed by atoms with Crippen LogP contribution in [0.3, 0.4) is 0 Å². The SMILES string of the molecule is CC(C)Oc1cc(-c2nc(CNC(=O)c3ccccc3O)co2)ccc1OC(F)F. The molecule has 0 fully saturated rings. The van der Waals surface area contributed by atoms with E-state index in [-0.39, 0.29) is 41.4 Å². The van der Waals surface area contributed by atoms with E-state index in [2.05, 4.69) is 15.0 Å². The lowest BCUT2D eigenvalue weighted by Gasteiger charge is -2.15. The van der Waals surface area contributed by atoms with Gasteiger partial charge in [0, 0.05) is 5.56 Å². The minimum Gasteiger partial charge on any atom is -0.507 e. The highest BCUT2D eigenvalue weighted by molar-refractivity contribution is 5.96. The van der Waals surface area contributed by atoms with E-state index < -0.39 is 12.5 Å². The molecule has 7 nitrogen and oxygen atoms in total. The summed E-state index contributed by atoms with van der Waals surface area (Å²) < 4.78 is 40.7. The van der Waals surface area contributed by atoms with Crippen LogP contribution in [0.15, 0.2) is 53.1 Å². The van der Waals surface area contributed by atoms with Gasteiger partial charge in [0.1, 0.15) is 12.0 Å². The second kappa shape index (κ2) is 9.25. The van der Waals surface area contributed by atoms with Gasteiger partial charge in [-0.1, -0.05) is 12.1 Å². The van der Waals surface area contributed by atoms with Crippen molar-refractivity contribution in [2.45, 2.75) is 33.1 Å². The van der Waals surface area contributed by atoms with Crippen molar-refractivity contribution in [3.63, 3.8) is 0 Å². The number of phenolic OH excluding ortho intramolecular Hbond substituents is 1. The van der Waals surface area contributed by atoms with Crippen molar-refractivity contribution in [3.05, 3.63) is 60.0 Å². The number of para-hydroxylation sites is 1. The molecule has 0 unspecified atom stereocenters. The summed E-state index contributed by atoms with van der Waals surface area (Å²) in [7, 11) is 0. The zero-order chi connectivity index (χ0) is 21.7. The number of rotatable bonds is 8. The fourth-order valence-electron chi connectivity index (χ4n) is 2.63. The molecular formula is C21H20F2N2O5. The van der Waals surface area contributed by atoms with E-state index in [1.807, 2.05) is 0 Å². The molecule has 158 valence electrons. The molecule has 1 amide bonds. The van der Waals surface area contributed by atoms with Crippen LogP contribution in [0.1, 0.15) is 29.9 Å². The fourth-order valence-corrected chi connectivity index (χ4v) is 2.63. The molecule has 3 aromatic rings. The molecule has 0 saturated heterocycles. The predicted octanol–water partition coefficient (Wildman–Crippen LogP) is 4.37. The number of ether oxygens (including phenoxy) is 2. The van der Waals surface area contributed by atoms with E-state index in [0.717, 1.165) is 0 Å². The second-order valence-corrected chi connectivity index (χ2v) is 6.55. The molecule has 0 bridgehead atoms. The molecule has 0 aliphatic carbocycles. The summed E-state index contributed by atoms with van der Waals surface area (Å²) in [5.41, 5.74) is 1.07. The standard InChI is InChI=1S/C21H20F2N2O5/c1-12(2)29-18-9-13(7-8-17(18)30-21(22)23)20-25-14(11-28-20)10-24-19(27)15-5-3-4-6-16(15)26/h3-9,11-12,21,26H,10H2,1-2H3,(H,24,27). The van der Waals surface area contributed by atoms with Gasteiger partial charge >= 0.3 is 6.61 Å². The van der Waals surface area contributed by atoms with Gasteiger partial charge in [0.2, 0.25) is 5.89 Å². The number of benzene rings is 2. The highest BCUT2D eigenvalue weighted by Crippen LogP contribution is 2.34. The van der Waals surface area contributed by atoms with Crippen molar-refractivity contribution in [2.75, 3.05) is 0 Å². The lowest BCUT2D eigenvalue weighted by atomic mass is 10.2. The van der Waals surface area contributed by atoms with Crippen molar-refractivity contribution in [1.82, 2.24) is 10.3 Å². The molecule has 2 N–H and O–H groups in total. The largest absolute Gasteiger partial charge is 0.507 e. The Bertz CT molecular complexity index is 1020. The van der Waals surface area contributed by atoms with Crippen LogP contribution in [-0.4, -0.2) is 28.7 Å². The van der Waals surface area contributed by atoms with Gasteiger partial charge in [-0.2, -0.15) is 8.78 Å².